The van der Waals surface area contributed by atoms with Gasteiger partial charge in [-0.2, -0.15) is 10.2 Å². The van der Waals surface area contributed by atoms with E-state index < -0.39 is 0 Å². The first kappa shape index (κ1) is 16.0. The minimum atomic E-state index is 0.511. The highest BCUT2D eigenvalue weighted by atomic mass is 32.1. The van der Waals surface area contributed by atoms with Crippen LogP contribution in [0.15, 0.2) is 24.5 Å². The van der Waals surface area contributed by atoms with Gasteiger partial charge in [0.05, 0.1) is 17.4 Å². The molecule has 0 amide bonds. The predicted octanol–water partition coefficient (Wildman–Crippen LogP) is 4.95. The lowest BCUT2D eigenvalue weighted by molar-refractivity contribution is 0.118. The molecule has 0 aliphatic heterocycles. The van der Waals surface area contributed by atoms with Gasteiger partial charge in [0.1, 0.15) is 5.01 Å². The Labute approximate surface area is 156 Å². The fraction of sp³-hybridized carbons (Fsp3) is 0.450. The summed E-state index contributed by atoms with van der Waals surface area (Å²) in [6.07, 6.45) is 7.94. The first-order valence-corrected chi connectivity index (χ1v) is 10.1. The van der Waals surface area contributed by atoms with Crippen molar-refractivity contribution in [2.75, 3.05) is 0 Å². The molecule has 3 heterocycles. The van der Waals surface area contributed by atoms with Crippen molar-refractivity contribution in [3.63, 3.8) is 0 Å². The Morgan fingerprint density at radius 3 is 2.77 bits per heavy atom. The number of imidazole rings is 1. The molecule has 0 saturated heterocycles. The molecule has 1 aliphatic carbocycles. The molecule has 0 N–H and O–H groups in total. The second kappa shape index (κ2) is 5.39. The normalized spacial score (nSPS) is 23.0. The summed E-state index contributed by atoms with van der Waals surface area (Å²) in [5, 5.41) is 11.5. The number of aryl methyl sites for hydroxylation is 2. The summed E-state index contributed by atoms with van der Waals surface area (Å²) in [6, 6.07) is 4.35. The van der Waals surface area contributed by atoms with E-state index in [1.807, 2.05) is 16.2 Å². The number of aromatic nitrogens is 5. The van der Waals surface area contributed by atoms with E-state index in [9.17, 15) is 0 Å². The summed E-state index contributed by atoms with van der Waals surface area (Å²) in [4.78, 5) is 5.86. The topological polar surface area (TPSA) is 48.0 Å². The number of rotatable bonds is 3. The van der Waals surface area contributed by atoms with E-state index in [-0.39, 0.29) is 0 Å². The molecule has 5 nitrogen and oxygen atoms in total. The molecule has 134 valence electrons. The fourth-order valence-electron chi connectivity index (χ4n) is 4.21. The van der Waals surface area contributed by atoms with Crippen LogP contribution in [0.25, 0.3) is 26.4 Å². The third-order valence-corrected chi connectivity index (χ3v) is 6.94. The molecule has 0 spiro atoms. The maximum Gasteiger partial charge on any atom is 0.212 e. The molecule has 3 aromatic heterocycles. The minimum absolute atomic E-state index is 0.511. The van der Waals surface area contributed by atoms with Gasteiger partial charge in [-0.25, -0.2) is 9.50 Å². The van der Waals surface area contributed by atoms with E-state index in [4.69, 9.17) is 10.1 Å². The minimum Gasteiger partial charge on any atom is -0.275 e. The van der Waals surface area contributed by atoms with Crippen LogP contribution in [-0.2, 0) is 7.05 Å². The zero-order valence-corrected chi connectivity index (χ0v) is 16.5. The summed E-state index contributed by atoms with van der Waals surface area (Å²) < 4.78 is 3.82. The van der Waals surface area contributed by atoms with Crippen molar-refractivity contribution in [1.82, 2.24) is 24.4 Å². The highest BCUT2D eigenvalue weighted by Gasteiger charge is 2.40. The molecule has 5 rings (SSSR count). The van der Waals surface area contributed by atoms with Crippen LogP contribution in [0.5, 0.6) is 0 Å². The molecule has 26 heavy (non-hydrogen) atoms. The Kier molecular flexibility index (Phi) is 3.32. The molecule has 1 fully saturated rings. The van der Waals surface area contributed by atoms with Gasteiger partial charge in [-0.3, -0.25) is 4.68 Å². The van der Waals surface area contributed by atoms with Gasteiger partial charge in [0.15, 0.2) is 0 Å². The van der Waals surface area contributed by atoms with Gasteiger partial charge in [0.2, 0.25) is 4.96 Å². The largest absolute Gasteiger partial charge is 0.275 e. The number of nitrogens with zero attached hydrogens (tertiary/aromatic N) is 5. The van der Waals surface area contributed by atoms with E-state index in [2.05, 4.69) is 50.4 Å². The molecule has 0 unspecified atom stereocenters. The maximum absolute atomic E-state index is 4.87. The zero-order valence-electron chi connectivity index (χ0n) is 15.7. The highest BCUT2D eigenvalue weighted by molar-refractivity contribution is 7.19. The Hall–Kier alpha value is -2.21. The third-order valence-electron chi connectivity index (χ3n) is 5.97. The second-order valence-corrected chi connectivity index (χ2v) is 9.06. The molecular weight excluding hydrogens is 342 g/mol. The van der Waals surface area contributed by atoms with Crippen molar-refractivity contribution in [3.05, 3.63) is 35.8 Å². The van der Waals surface area contributed by atoms with E-state index in [1.165, 1.54) is 30.5 Å². The Bertz CT molecular complexity index is 1090. The van der Waals surface area contributed by atoms with Crippen LogP contribution in [0.3, 0.4) is 0 Å². The average molecular weight is 366 g/mol. The monoisotopic (exact) mass is 365 g/mol. The van der Waals surface area contributed by atoms with Crippen LogP contribution in [0.2, 0.25) is 0 Å². The van der Waals surface area contributed by atoms with Crippen LogP contribution in [0, 0.1) is 12.3 Å². The Morgan fingerprint density at radius 1 is 1.23 bits per heavy atom. The van der Waals surface area contributed by atoms with Crippen molar-refractivity contribution < 1.29 is 0 Å². The van der Waals surface area contributed by atoms with Crippen molar-refractivity contribution in [2.24, 2.45) is 12.5 Å². The van der Waals surface area contributed by atoms with E-state index in [0.717, 1.165) is 26.4 Å². The highest BCUT2D eigenvalue weighted by Crippen LogP contribution is 2.52. The van der Waals surface area contributed by atoms with Gasteiger partial charge in [-0.15, -0.1) is 0 Å². The lowest BCUT2D eigenvalue weighted by Crippen LogP contribution is -2.32. The number of fused-ring (bicyclic) bond motifs is 2. The molecular formula is C20H23N5S. The number of hydrogen-bond donors (Lipinski definition) is 0. The van der Waals surface area contributed by atoms with Crippen LogP contribution >= 0.6 is 11.3 Å². The van der Waals surface area contributed by atoms with Crippen molar-refractivity contribution in [3.8, 4) is 10.6 Å². The number of benzene rings is 1. The molecule has 0 atom stereocenters. The van der Waals surface area contributed by atoms with E-state index in [0.29, 0.717) is 11.3 Å². The van der Waals surface area contributed by atoms with Crippen LogP contribution in [0.4, 0.5) is 0 Å². The van der Waals surface area contributed by atoms with Gasteiger partial charge >= 0.3 is 0 Å². The average Bonchev–Trinajstić information content (AvgIpc) is 3.23. The van der Waals surface area contributed by atoms with Gasteiger partial charge < -0.3 is 0 Å². The first-order chi connectivity index (χ1) is 12.4. The quantitative estimate of drug-likeness (QED) is 0.516. The van der Waals surface area contributed by atoms with E-state index in [1.54, 1.807) is 11.3 Å². The standard InChI is InChI=1S/C20H23N5S/c1-5-20(3)8-15(9-20)16-11-25-19(21-16)26-18(23-25)13-6-12(2)17-14(7-13)10-24(4)22-17/h6-7,10-11,15H,5,8-9H2,1-4H3. The van der Waals surface area contributed by atoms with Crippen LogP contribution in [0.1, 0.15) is 50.3 Å². The molecule has 0 bridgehead atoms. The Balaban J connectivity index is 1.48. The molecule has 4 aromatic rings. The number of hydrogen-bond acceptors (Lipinski definition) is 4. The molecule has 6 heteroatoms. The molecule has 1 saturated carbocycles. The van der Waals surface area contributed by atoms with Gasteiger partial charge in [-0.05, 0) is 42.9 Å². The predicted molar refractivity (Wildman–Crippen MR) is 106 cm³/mol. The lowest BCUT2D eigenvalue weighted by atomic mass is 9.61. The maximum atomic E-state index is 4.87. The van der Waals surface area contributed by atoms with Crippen molar-refractivity contribution in [1.29, 1.82) is 0 Å². The fourth-order valence-corrected chi connectivity index (χ4v) is 5.09. The molecule has 1 aliphatic rings. The van der Waals surface area contributed by atoms with E-state index >= 15 is 0 Å². The van der Waals surface area contributed by atoms with Crippen molar-refractivity contribution >= 4 is 27.2 Å². The lowest BCUT2D eigenvalue weighted by Gasteiger charge is -2.44. The summed E-state index contributed by atoms with van der Waals surface area (Å²) in [5.41, 5.74) is 5.10. The van der Waals surface area contributed by atoms with Gasteiger partial charge in [-0.1, -0.05) is 31.6 Å². The summed E-state index contributed by atoms with van der Waals surface area (Å²) in [7, 11) is 1.96. The Morgan fingerprint density at radius 2 is 2.04 bits per heavy atom. The summed E-state index contributed by atoms with van der Waals surface area (Å²) in [5.74, 6) is 0.603. The summed E-state index contributed by atoms with van der Waals surface area (Å²) >= 11 is 1.67. The van der Waals surface area contributed by atoms with Crippen LogP contribution in [-0.4, -0.2) is 24.4 Å². The third kappa shape index (κ3) is 2.39. The first-order valence-electron chi connectivity index (χ1n) is 9.24. The molecule has 1 aromatic carbocycles. The molecule has 0 radical (unpaired) electrons. The van der Waals surface area contributed by atoms with Gasteiger partial charge in [0.25, 0.3) is 0 Å². The SMILES string of the molecule is CCC1(C)CC(c2cn3nc(-c4cc(C)c5nn(C)cc5c4)sc3n2)C1. The zero-order chi connectivity index (χ0) is 18.1. The smallest absolute Gasteiger partial charge is 0.212 e. The van der Waals surface area contributed by atoms with Gasteiger partial charge in [0, 0.05) is 30.1 Å². The van der Waals surface area contributed by atoms with Crippen LogP contribution < -0.4 is 0 Å². The summed E-state index contributed by atoms with van der Waals surface area (Å²) in [6.45, 7) is 6.78. The second-order valence-electron chi connectivity index (χ2n) is 8.10. The van der Waals surface area contributed by atoms with Crippen molar-refractivity contribution in [2.45, 2.75) is 46.0 Å².